The Balaban J connectivity index is 3.12. The van der Waals surface area contributed by atoms with Gasteiger partial charge in [0, 0.05) is 0 Å². The number of carbonyl (C=O) groups excluding carboxylic acids is 3. The van der Waals surface area contributed by atoms with Crippen molar-refractivity contribution in [2.45, 2.75) is 19.8 Å². The fourth-order valence-electron chi connectivity index (χ4n) is 1.89. The van der Waals surface area contributed by atoms with E-state index in [1.807, 2.05) is 0 Å². The molecule has 5 nitrogen and oxygen atoms in total. The zero-order valence-corrected chi connectivity index (χ0v) is 11.6. The van der Waals surface area contributed by atoms with Gasteiger partial charge in [-0.3, -0.25) is 9.59 Å². The summed E-state index contributed by atoms with van der Waals surface area (Å²) in [7, 11) is 0. The van der Waals surface area contributed by atoms with Crippen molar-refractivity contribution in [3.05, 3.63) is 35.9 Å². The number of esters is 2. The number of carbonyl (C=O) groups is 3. The zero-order chi connectivity index (χ0) is 15.0. The summed E-state index contributed by atoms with van der Waals surface area (Å²) in [6, 6.07) is 8.60. The standard InChI is InChI=1S/C15H18O5/c1-3-19-14(17)12(10-16)13(15(18)20-4-2)11-8-6-5-7-9-11/h5-10,12-13H,3-4H2,1-2H3/t12-,13-/m0/s1. The topological polar surface area (TPSA) is 69.7 Å². The number of hydrogen-bond donors (Lipinski definition) is 0. The molecule has 1 aromatic carbocycles. The molecule has 0 amide bonds. The molecule has 0 heterocycles. The van der Waals surface area contributed by atoms with Crippen LogP contribution in [-0.4, -0.2) is 31.4 Å². The lowest BCUT2D eigenvalue weighted by molar-refractivity contribution is -0.157. The highest BCUT2D eigenvalue weighted by Crippen LogP contribution is 2.26. The van der Waals surface area contributed by atoms with Crippen molar-refractivity contribution in [1.82, 2.24) is 0 Å². The second-order valence-electron chi connectivity index (χ2n) is 4.05. The minimum atomic E-state index is -1.20. The molecule has 0 saturated carbocycles. The second-order valence-corrected chi connectivity index (χ2v) is 4.05. The summed E-state index contributed by atoms with van der Waals surface area (Å²) < 4.78 is 9.81. The molecule has 1 aromatic rings. The third-order valence-electron chi connectivity index (χ3n) is 2.76. The number of rotatable bonds is 7. The van der Waals surface area contributed by atoms with Crippen LogP contribution in [0.15, 0.2) is 30.3 Å². The molecule has 2 atom stereocenters. The molecule has 0 spiro atoms. The normalized spacial score (nSPS) is 13.1. The van der Waals surface area contributed by atoms with Crippen molar-refractivity contribution in [3.63, 3.8) is 0 Å². The fraction of sp³-hybridized carbons (Fsp3) is 0.400. The van der Waals surface area contributed by atoms with Gasteiger partial charge in [0.05, 0.1) is 13.2 Å². The minimum absolute atomic E-state index is 0.146. The summed E-state index contributed by atoms with van der Waals surface area (Å²) in [6.45, 7) is 3.63. The molecule has 0 aliphatic rings. The highest BCUT2D eigenvalue weighted by atomic mass is 16.5. The summed E-state index contributed by atoms with van der Waals surface area (Å²) >= 11 is 0. The number of aldehydes is 1. The number of benzene rings is 1. The molecule has 108 valence electrons. The Morgan fingerprint density at radius 3 is 2.10 bits per heavy atom. The maximum absolute atomic E-state index is 12.1. The molecule has 20 heavy (non-hydrogen) atoms. The van der Waals surface area contributed by atoms with E-state index < -0.39 is 23.8 Å². The van der Waals surface area contributed by atoms with Crippen LogP contribution in [-0.2, 0) is 23.9 Å². The molecule has 0 N–H and O–H groups in total. The monoisotopic (exact) mass is 278 g/mol. The Morgan fingerprint density at radius 2 is 1.60 bits per heavy atom. The first-order chi connectivity index (χ1) is 9.65. The molecule has 0 saturated heterocycles. The van der Waals surface area contributed by atoms with Crippen LogP contribution in [0.25, 0.3) is 0 Å². The minimum Gasteiger partial charge on any atom is -0.465 e. The Labute approximate surface area is 117 Å². The van der Waals surface area contributed by atoms with Gasteiger partial charge in [0.1, 0.15) is 18.1 Å². The summed E-state index contributed by atoms with van der Waals surface area (Å²) in [5.74, 6) is -3.50. The van der Waals surface area contributed by atoms with E-state index in [1.165, 1.54) is 0 Å². The lowest BCUT2D eigenvalue weighted by Crippen LogP contribution is -2.32. The predicted octanol–water partition coefficient (Wildman–Crippen LogP) is 1.71. The first kappa shape index (κ1) is 15.9. The third kappa shape index (κ3) is 3.91. The largest absolute Gasteiger partial charge is 0.465 e. The van der Waals surface area contributed by atoms with Gasteiger partial charge in [0.25, 0.3) is 0 Å². The van der Waals surface area contributed by atoms with Crippen molar-refractivity contribution in [3.8, 4) is 0 Å². The maximum Gasteiger partial charge on any atom is 0.317 e. The lowest BCUT2D eigenvalue weighted by Gasteiger charge is -2.20. The fourth-order valence-corrected chi connectivity index (χ4v) is 1.89. The SMILES string of the molecule is CCOC(=O)[C@@H](C=O)[C@@H](C(=O)OCC)c1ccccc1. The van der Waals surface area contributed by atoms with E-state index in [9.17, 15) is 14.4 Å². The van der Waals surface area contributed by atoms with Crippen molar-refractivity contribution in [1.29, 1.82) is 0 Å². The molecule has 0 bridgehead atoms. The van der Waals surface area contributed by atoms with E-state index in [2.05, 4.69) is 0 Å². The van der Waals surface area contributed by atoms with E-state index in [1.54, 1.807) is 44.2 Å². The average Bonchev–Trinajstić information content (AvgIpc) is 2.45. The molecular formula is C15H18O5. The van der Waals surface area contributed by atoms with Crippen LogP contribution >= 0.6 is 0 Å². The molecule has 0 aliphatic heterocycles. The summed E-state index contributed by atoms with van der Waals surface area (Å²) in [6.07, 6.45) is 0.437. The lowest BCUT2D eigenvalue weighted by atomic mass is 9.87. The van der Waals surface area contributed by atoms with Crippen LogP contribution in [0.1, 0.15) is 25.3 Å². The summed E-state index contributed by atoms with van der Waals surface area (Å²) in [5.41, 5.74) is 0.552. The van der Waals surface area contributed by atoms with E-state index in [0.717, 1.165) is 0 Å². The molecule has 1 rings (SSSR count). The first-order valence-corrected chi connectivity index (χ1v) is 6.49. The Bertz CT molecular complexity index is 455. The van der Waals surface area contributed by atoms with Gasteiger partial charge < -0.3 is 14.3 Å². The second kappa shape index (κ2) is 8.09. The zero-order valence-electron chi connectivity index (χ0n) is 11.6. The van der Waals surface area contributed by atoms with Gasteiger partial charge in [-0.2, -0.15) is 0 Å². The Kier molecular flexibility index (Phi) is 6.43. The smallest absolute Gasteiger partial charge is 0.317 e. The molecule has 0 fully saturated rings. The van der Waals surface area contributed by atoms with Crippen molar-refractivity contribution < 1.29 is 23.9 Å². The summed E-state index contributed by atoms with van der Waals surface area (Å²) in [5, 5.41) is 0. The van der Waals surface area contributed by atoms with Crippen LogP contribution < -0.4 is 0 Å². The quantitative estimate of drug-likeness (QED) is 0.431. The number of hydrogen-bond acceptors (Lipinski definition) is 5. The van der Waals surface area contributed by atoms with Gasteiger partial charge >= 0.3 is 11.9 Å². The van der Waals surface area contributed by atoms with Crippen LogP contribution in [0.2, 0.25) is 0 Å². The highest BCUT2D eigenvalue weighted by molar-refractivity contribution is 5.96. The predicted molar refractivity (Wildman–Crippen MR) is 72.0 cm³/mol. The van der Waals surface area contributed by atoms with E-state index >= 15 is 0 Å². The van der Waals surface area contributed by atoms with E-state index in [-0.39, 0.29) is 13.2 Å². The highest BCUT2D eigenvalue weighted by Gasteiger charge is 2.37. The van der Waals surface area contributed by atoms with Crippen LogP contribution in [0.4, 0.5) is 0 Å². The summed E-state index contributed by atoms with van der Waals surface area (Å²) in [4.78, 5) is 35.1. The third-order valence-corrected chi connectivity index (χ3v) is 2.76. The molecule has 0 aliphatic carbocycles. The van der Waals surface area contributed by atoms with Gasteiger partial charge in [0.2, 0.25) is 0 Å². The Morgan fingerprint density at radius 1 is 1.05 bits per heavy atom. The number of ether oxygens (including phenoxy) is 2. The van der Waals surface area contributed by atoms with Gasteiger partial charge in [0.15, 0.2) is 0 Å². The Hall–Kier alpha value is -2.17. The van der Waals surface area contributed by atoms with Crippen LogP contribution in [0, 0.1) is 5.92 Å². The first-order valence-electron chi connectivity index (χ1n) is 6.49. The molecular weight excluding hydrogens is 260 g/mol. The molecule has 0 unspecified atom stereocenters. The molecule has 0 aromatic heterocycles. The van der Waals surface area contributed by atoms with Crippen LogP contribution in [0.3, 0.4) is 0 Å². The van der Waals surface area contributed by atoms with Crippen molar-refractivity contribution >= 4 is 18.2 Å². The van der Waals surface area contributed by atoms with Gasteiger partial charge in [-0.1, -0.05) is 30.3 Å². The molecule has 5 heteroatoms. The van der Waals surface area contributed by atoms with Crippen molar-refractivity contribution in [2.24, 2.45) is 5.92 Å². The molecule has 0 radical (unpaired) electrons. The van der Waals surface area contributed by atoms with Gasteiger partial charge in [-0.25, -0.2) is 0 Å². The van der Waals surface area contributed by atoms with E-state index in [0.29, 0.717) is 11.8 Å². The maximum atomic E-state index is 12.1. The van der Waals surface area contributed by atoms with Crippen LogP contribution in [0.5, 0.6) is 0 Å². The average molecular weight is 278 g/mol. The van der Waals surface area contributed by atoms with E-state index in [4.69, 9.17) is 9.47 Å². The van der Waals surface area contributed by atoms with Gasteiger partial charge in [-0.15, -0.1) is 0 Å². The van der Waals surface area contributed by atoms with Crippen molar-refractivity contribution in [2.75, 3.05) is 13.2 Å². The van der Waals surface area contributed by atoms with Gasteiger partial charge in [-0.05, 0) is 19.4 Å².